The number of pyridine rings is 1. The van der Waals surface area contributed by atoms with Crippen LogP contribution in [-0.2, 0) is 0 Å². The lowest BCUT2D eigenvalue weighted by Crippen LogP contribution is -2.03. The molecule has 0 aliphatic heterocycles. The van der Waals surface area contributed by atoms with Crippen LogP contribution in [0.25, 0.3) is 0 Å². The van der Waals surface area contributed by atoms with Gasteiger partial charge in [-0.1, -0.05) is 15.9 Å². The number of hydrogen-bond donors (Lipinski definition) is 1. The van der Waals surface area contributed by atoms with Crippen molar-refractivity contribution in [1.82, 2.24) is 4.98 Å². The molecule has 0 saturated carbocycles. The fourth-order valence-corrected chi connectivity index (χ4v) is 2.11. The lowest BCUT2D eigenvalue weighted by atomic mass is 10.2. The first-order valence-electron chi connectivity index (χ1n) is 5.09. The van der Waals surface area contributed by atoms with Crippen LogP contribution in [0.3, 0.4) is 0 Å². The van der Waals surface area contributed by atoms with Crippen molar-refractivity contribution < 1.29 is 23.4 Å². The summed E-state index contributed by atoms with van der Waals surface area (Å²) in [5.74, 6) is -4.45. The fourth-order valence-electron chi connectivity index (χ4n) is 1.37. The monoisotopic (exact) mass is 407 g/mol. The number of halogens is 4. The number of rotatable bonds is 3. The number of carboxylic acid groups (broad SMARTS) is 1. The van der Waals surface area contributed by atoms with Crippen molar-refractivity contribution >= 4 is 37.8 Å². The Morgan fingerprint density at radius 2 is 1.90 bits per heavy atom. The molecular formula is C12H5Br2F2NO3. The Kier molecular flexibility index (Phi) is 4.34. The van der Waals surface area contributed by atoms with Gasteiger partial charge in [0, 0.05) is 15.1 Å². The summed E-state index contributed by atoms with van der Waals surface area (Å²) in [7, 11) is 0. The van der Waals surface area contributed by atoms with Crippen molar-refractivity contribution in [3.8, 4) is 11.6 Å². The van der Waals surface area contributed by atoms with Gasteiger partial charge in [0.25, 0.3) is 0 Å². The van der Waals surface area contributed by atoms with Gasteiger partial charge in [0.1, 0.15) is 5.56 Å². The second kappa shape index (κ2) is 5.84. The molecule has 0 fully saturated rings. The van der Waals surface area contributed by atoms with Crippen LogP contribution < -0.4 is 4.74 Å². The molecule has 0 unspecified atom stereocenters. The van der Waals surface area contributed by atoms with Crippen molar-refractivity contribution in [2.75, 3.05) is 0 Å². The fraction of sp³-hybridized carbons (Fsp3) is 0. The molecule has 2 aromatic rings. The minimum Gasteiger partial charge on any atom is -0.477 e. The summed E-state index contributed by atoms with van der Waals surface area (Å²) in [6, 6.07) is 3.35. The quantitative estimate of drug-likeness (QED) is 0.766. The number of aromatic nitrogens is 1. The highest BCUT2D eigenvalue weighted by atomic mass is 79.9. The molecule has 0 radical (unpaired) electrons. The van der Waals surface area contributed by atoms with E-state index in [2.05, 4.69) is 36.8 Å². The van der Waals surface area contributed by atoms with Crippen molar-refractivity contribution in [1.29, 1.82) is 0 Å². The first-order chi connectivity index (χ1) is 9.38. The third-order valence-corrected chi connectivity index (χ3v) is 3.11. The van der Waals surface area contributed by atoms with E-state index < -0.39 is 23.4 Å². The van der Waals surface area contributed by atoms with E-state index in [1.807, 2.05) is 0 Å². The first-order valence-corrected chi connectivity index (χ1v) is 6.68. The van der Waals surface area contributed by atoms with Crippen molar-refractivity contribution in [3.63, 3.8) is 0 Å². The lowest BCUT2D eigenvalue weighted by molar-refractivity contribution is 0.0693. The maximum Gasteiger partial charge on any atom is 0.341 e. The number of benzene rings is 1. The SMILES string of the molecule is O=C(O)c1cc(Br)cnc1Oc1cc(Br)cc(F)c1F. The van der Waals surface area contributed by atoms with Crippen molar-refractivity contribution in [3.05, 3.63) is 50.5 Å². The highest BCUT2D eigenvalue weighted by molar-refractivity contribution is 9.10. The maximum atomic E-state index is 13.6. The molecule has 0 spiro atoms. The Bertz CT molecular complexity index is 695. The normalized spacial score (nSPS) is 10.4. The Morgan fingerprint density at radius 3 is 2.55 bits per heavy atom. The summed E-state index contributed by atoms with van der Waals surface area (Å²) in [6.07, 6.45) is 1.29. The zero-order chi connectivity index (χ0) is 14.9. The summed E-state index contributed by atoms with van der Waals surface area (Å²) in [4.78, 5) is 14.8. The number of ether oxygens (including phenoxy) is 1. The topological polar surface area (TPSA) is 59.4 Å². The molecule has 0 bridgehead atoms. The van der Waals surface area contributed by atoms with Gasteiger partial charge in [-0.15, -0.1) is 0 Å². The average Bonchev–Trinajstić information content (AvgIpc) is 2.37. The van der Waals surface area contributed by atoms with Crippen LogP contribution in [0.2, 0.25) is 0 Å². The van der Waals surface area contributed by atoms with E-state index in [0.29, 0.717) is 4.47 Å². The Labute approximate surface area is 128 Å². The van der Waals surface area contributed by atoms with Crippen LogP contribution in [0.1, 0.15) is 10.4 Å². The number of carbonyl (C=O) groups is 1. The van der Waals surface area contributed by atoms with Gasteiger partial charge in [0.2, 0.25) is 11.7 Å². The molecule has 104 valence electrons. The summed E-state index contributed by atoms with van der Waals surface area (Å²) in [5, 5.41) is 9.03. The third-order valence-electron chi connectivity index (χ3n) is 2.21. The molecular weight excluding hydrogens is 404 g/mol. The number of nitrogens with zero attached hydrogens (tertiary/aromatic N) is 1. The summed E-state index contributed by atoms with van der Waals surface area (Å²) in [6.45, 7) is 0. The first kappa shape index (κ1) is 14.9. The summed E-state index contributed by atoms with van der Waals surface area (Å²) in [5.41, 5.74) is -0.279. The predicted molar refractivity (Wildman–Crippen MR) is 73.0 cm³/mol. The van der Waals surface area contributed by atoms with E-state index in [4.69, 9.17) is 9.84 Å². The maximum absolute atomic E-state index is 13.6. The molecule has 1 N–H and O–H groups in total. The third kappa shape index (κ3) is 3.13. The van der Waals surface area contributed by atoms with Crippen LogP contribution in [-0.4, -0.2) is 16.1 Å². The van der Waals surface area contributed by atoms with E-state index >= 15 is 0 Å². The molecule has 1 heterocycles. The standard InChI is InChI=1S/C12H5Br2F2NO3/c13-5-2-8(15)10(16)9(3-5)20-11-7(12(18)19)1-6(14)4-17-11/h1-4H,(H,18,19). The average molecular weight is 409 g/mol. The van der Waals surface area contributed by atoms with Crippen LogP contribution in [0.4, 0.5) is 8.78 Å². The highest BCUT2D eigenvalue weighted by Crippen LogP contribution is 2.31. The second-order valence-corrected chi connectivity index (χ2v) is 5.44. The molecule has 2 rings (SSSR count). The van der Waals surface area contributed by atoms with Crippen molar-refractivity contribution in [2.24, 2.45) is 0 Å². The van der Waals surface area contributed by atoms with Gasteiger partial charge in [0.05, 0.1) is 0 Å². The highest BCUT2D eigenvalue weighted by Gasteiger charge is 2.18. The smallest absolute Gasteiger partial charge is 0.341 e. The second-order valence-electron chi connectivity index (χ2n) is 3.61. The Morgan fingerprint density at radius 1 is 1.20 bits per heavy atom. The van der Waals surface area contributed by atoms with Crippen LogP contribution >= 0.6 is 31.9 Å². The number of carboxylic acids is 1. The molecule has 0 amide bonds. The summed E-state index contributed by atoms with van der Waals surface area (Å²) < 4.78 is 32.5. The van der Waals surface area contributed by atoms with Gasteiger partial charge in [-0.25, -0.2) is 14.2 Å². The molecule has 0 saturated heterocycles. The van der Waals surface area contributed by atoms with E-state index in [0.717, 1.165) is 6.07 Å². The predicted octanol–water partition coefficient (Wildman–Crippen LogP) is 4.38. The Balaban J connectivity index is 2.48. The van der Waals surface area contributed by atoms with E-state index in [1.54, 1.807) is 0 Å². The zero-order valence-corrected chi connectivity index (χ0v) is 12.7. The minimum absolute atomic E-state index is 0.250. The number of aromatic carboxylic acids is 1. The zero-order valence-electron chi connectivity index (χ0n) is 9.53. The van der Waals surface area contributed by atoms with Crippen LogP contribution in [0, 0.1) is 11.6 Å². The van der Waals surface area contributed by atoms with E-state index in [-0.39, 0.29) is 15.9 Å². The van der Waals surface area contributed by atoms with Gasteiger partial charge in [0.15, 0.2) is 11.6 Å². The van der Waals surface area contributed by atoms with E-state index in [1.165, 1.54) is 18.3 Å². The lowest BCUT2D eigenvalue weighted by Gasteiger charge is -2.09. The largest absolute Gasteiger partial charge is 0.477 e. The molecule has 0 aliphatic carbocycles. The van der Waals surface area contributed by atoms with Gasteiger partial charge >= 0.3 is 5.97 Å². The van der Waals surface area contributed by atoms with Gasteiger partial charge < -0.3 is 9.84 Å². The van der Waals surface area contributed by atoms with Gasteiger partial charge in [-0.05, 0) is 34.1 Å². The summed E-state index contributed by atoms with van der Waals surface area (Å²) >= 11 is 6.05. The van der Waals surface area contributed by atoms with Crippen LogP contribution in [0.5, 0.6) is 11.6 Å². The number of hydrogen-bond acceptors (Lipinski definition) is 3. The molecule has 20 heavy (non-hydrogen) atoms. The van der Waals surface area contributed by atoms with Gasteiger partial charge in [-0.3, -0.25) is 0 Å². The molecule has 0 atom stereocenters. The van der Waals surface area contributed by atoms with E-state index in [9.17, 15) is 13.6 Å². The van der Waals surface area contributed by atoms with Gasteiger partial charge in [-0.2, -0.15) is 4.39 Å². The molecule has 1 aromatic carbocycles. The molecule has 1 aromatic heterocycles. The van der Waals surface area contributed by atoms with Crippen molar-refractivity contribution in [2.45, 2.75) is 0 Å². The minimum atomic E-state index is -1.30. The Hall–Kier alpha value is -1.54. The van der Waals surface area contributed by atoms with Crippen LogP contribution in [0.15, 0.2) is 33.3 Å². The molecule has 8 heteroatoms. The molecule has 0 aliphatic rings. The molecule has 4 nitrogen and oxygen atoms in total.